The molecule has 0 N–H and O–H groups in total. The summed E-state index contributed by atoms with van der Waals surface area (Å²) in [6.07, 6.45) is 11.6. The molecular weight excluding hydrogens is 358 g/mol. The SMILES string of the molecule is Cn1ccn([B-](n2ccn(C)c2=S)n2ccn(C)c2=S)c1=S.[Na+]. The molecule has 0 saturated carbocycles. The van der Waals surface area contributed by atoms with Crippen LogP contribution in [-0.4, -0.2) is 34.3 Å². The minimum absolute atomic E-state index is 0. The summed E-state index contributed by atoms with van der Waals surface area (Å²) in [5.41, 5.74) is 0. The van der Waals surface area contributed by atoms with Gasteiger partial charge in [-0.15, -0.1) is 0 Å². The molecule has 0 aliphatic heterocycles. The zero-order chi connectivity index (χ0) is 16.0. The number of imidazole rings is 3. The number of aromatic nitrogens is 6. The van der Waals surface area contributed by atoms with Crippen molar-refractivity contribution in [1.29, 1.82) is 0 Å². The number of aryl methyl sites for hydroxylation is 3. The molecule has 0 fully saturated rings. The van der Waals surface area contributed by atoms with Crippen LogP contribution >= 0.6 is 36.7 Å². The van der Waals surface area contributed by atoms with E-state index in [-0.39, 0.29) is 36.7 Å². The summed E-state index contributed by atoms with van der Waals surface area (Å²) < 4.78 is 13.7. The van der Waals surface area contributed by atoms with Crippen molar-refractivity contribution in [3.05, 3.63) is 51.5 Å². The molecule has 3 aromatic heterocycles. The summed E-state index contributed by atoms with van der Waals surface area (Å²) in [6.45, 7) is 0. The first-order valence-corrected chi connectivity index (χ1v) is 7.84. The molecule has 3 rings (SSSR count). The van der Waals surface area contributed by atoms with Gasteiger partial charge in [0.05, 0.1) is 0 Å². The van der Waals surface area contributed by atoms with Gasteiger partial charge >= 0.3 is 29.6 Å². The topological polar surface area (TPSA) is 29.6 Å². The van der Waals surface area contributed by atoms with Crippen molar-refractivity contribution >= 4 is 43.8 Å². The minimum atomic E-state index is -0.268. The predicted octanol–water partition coefficient (Wildman–Crippen LogP) is -0.771. The van der Waals surface area contributed by atoms with Gasteiger partial charge in [-0.3, -0.25) is 0 Å². The van der Waals surface area contributed by atoms with E-state index >= 15 is 0 Å². The third-order valence-electron chi connectivity index (χ3n) is 3.67. The fraction of sp³-hybridized carbons (Fsp3) is 0.250. The summed E-state index contributed by atoms with van der Waals surface area (Å²) in [5.74, 6) is 0. The molecule has 1 radical (unpaired) electrons. The number of nitrogens with zero attached hydrogens (tertiary/aromatic N) is 6. The smallest absolute Gasteiger partial charge is 0.484 e. The van der Waals surface area contributed by atoms with Gasteiger partial charge in [-0.05, 0) is 55.2 Å². The Morgan fingerprint density at radius 1 is 0.609 bits per heavy atom. The molecule has 6 nitrogen and oxygen atoms in total. The fourth-order valence-electron chi connectivity index (χ4n) is 2.37. The molecule has 0 aliphatic carbocycles. The van der Waals surface area contributed by atoms with Crippen LogP contribution < -0.4 is 29.6 Å². The second kappa shape index (κ2) is 7.08. The van der Waals surface area contributed by atoms with Crippen LogP contribution in [0.1, 0.15) is 0 Å². The molecule has 0 saturated heterocycles. The van der Waals surface area contributed by atoms with E-state index in [0.717, 1.165) is 0 Å². The largest absolute Gasteiger partial charge is 1.00 e. The van der Waals surface area contributed by atoms with Crippen molar-refractivity contribution in [1.82, 2.24) is 27.1 Å². The van der Waals surface area contributed by atoms with Gasteiger partial charge in [-0.2, -0.15) is 0 Å². The molecular formula is C12H15BN6NaS3. The van der Waals surface area contributed by atoms with E-state index in [4.69, 9.17) is 36.7 Å². The maximum atomic E-state index is 5.52. The molecule has 3 aromatic rings. The Kier molecular flexibility index (Phi) is 5.75. The van der Waals surface area contributed by atoms with Crippen LogP contribution in [0.5, 0.6) is 0 Å². The Morgan fingerprint density at radius 2 is 0.870 bits per heavy atom. The second-order valence-corrected chi connectivity index (χ2v) is 6.24. The predicted molar refractivity (Wildman–Crippen MR) is 94.7 cm³/mol. The molecule has 0 aromatic carbocycles. The van der Waals surface area contributed by atoms with Gasteiger partial charge in [0.2, 0.25) is 7.12 Å². The quantitative estimate of drug-likeness (QED) is 0.446. The monoisotopic (exact) mass is 373 g/mol. The molecule has 115 valence electrons. The maximum absolute atomic E-state index is 5.52. The molecule has 0 atom stereocenters. The summed E-state index contributed by atoms with van der Waals surface area (Å²) in [5, 5.41) is 0. The third-order valence-corrected chi connectivity index (χ3v) is 5.16. The van der Waals surface area contributed by atoms with Crippen molar-refractivity contribution in [3.63, 3.8) is 0 Å². The van der Waals surface area contributed by atoms with E-state index in [1.807, 2.05) is 85.5 Å². The van der Waals surface area contributed by atoms with Gasteiger partial charge in [0.25, 0.3) is 0 Å². The van der Waals surface area contributed by atoms with E-state index in [1.165, 1.54) is 0 Å². The van der Waals surface area contributed by atoms with Gasteiger partial charge in [0.1, 0.15) is 14.3 Å². The summed E-state index contributed by atoms with van der Waals surface area (Å²) in [7, 11) is 5.50. The van der Waals surface area contributed by atoms with E-state index in [0.29, 0.717) is 14.3 Å². The summed E-state index contributed by atoms with van der Waals surface area (Å²) in [4.78, 5) is 0. The number of rotatable bonds is 3. The van der Waals surface area contributed by atoms with Gasteiger partial charge in [-0.25, -0.2) is 0 Å². The van der Waals surface area contributed by atoms with Crippen molar-refractivity contribution < 1.29 is 29.6 Å². The number of hydrogen-bond acceptors (Lipinski definition) is 3. The molecule has 0 amide bonds. The van der Waals surface area contributed by atoms with Crippen LogP contribution in [0.2, 0.25) is 0 Å². The van der Waals surface area contributed by atoms with Gasteiger partial charge in [0.15, 0.2) is 0 Å². The Morgan fingerprint density at radius 3 is 1.04 bits per heavy atom. The third kappa shape index (κ3) is 3.15. The first kappa shape index (κ1) is 18.7. The normalized spacial score (nSPS) is 11.0. The van der Waals surface area contributed by atoms with Crippen LogP contribution in [0.3, 0.4) is 0 Å². The Balaban J connectivity index is 0.00000192. The van der Waals surface area contributed by atoms with Crippen LogP contribution in [0.25, 0.3) is 0 Å². The summed E-state index contributed by atoms with van der Waals surface area (Å²) >= 11 is 16.6. The van der Waals surface area contributed by atoms with Crippen LogP contribution in [0, 0.1) is 14.3 Å². The standard InChI is InChI=1S/C12H15BN6S3.Na/c1-14-4-7-17(10(14)20)13(18-8-5-15(2)11(18)21)19-9-6-16(3)12(19)22;/h4-9H,1-3H3;/q-1;+1. The number of hydrogen-bond donors (Lipinski definition) is 0. The molecule has 0 bridgehead atoms. The molecule has 0 spiro atoms. The van der Waals surface area contributed by atoms with Crippen LogP contribution in [-0.2, 0) is 21.1 Å². The van der Waals surface area contributed by atoms with Crippen molar-refractivity contribution in [3.8, 4) is 0 Å². The fourth-order valence-corrected chi connectivity index (χ4v) is 3.02. The average molecular weight is 373 g/mol. The van der Waals surface area contributed by atoms with Crippen molar-refractivity contribution in [2.24, 2.45) is 21.1 Å². The zero-order valence-electron chi connectivity index (χ0n) is 13.4. The molecule has 11 heteroatoms. The second-order valence-electron chi connectivity index (χ2n) is 5.14. The van der Waals surface area contributed by atoms with Gasteiger partial charge in [0, 0.05) is 39.7 Å². The van der Waals surface area contributed by atoms with Gasteiger partial charge in [-0.1, -0.05) is 0 Å². The van der Waals surface area contributed by atoms with E-state index < -0.39 is 0 Å². The van der Waals surface area contributed by atoms with E-state index in [9.17, 15) is 0 Å². The van der Waals surface area contributed by atoms with E-state index in [1.54, 1.807) is 0 Å². The zero-order valence-corrected chi connectivity index (χ0v) is 17.9. The van der Waals surface area contributed by atoms with Gasteiger partial charge < -0.3 is 27.1 Å². The Bertz CT molecular complexity index is 874. The minimum Gasteiger partial charge on any atom is -0.484 e. The first-order valence-electron chi connectivity index (χ1n) is 6.62. The van der Waals surface area contributed by atoms with Crippen molar-refractivity contribution in [2.75, 3.05) is 0 Å². The summed E-state index contributed by atoms with van der Waals surface area (Å²) in [6, 6.07) is 0. The molecule has 0 unspecified atom stereocenters. The Hall–Kier alpha value is -0.645. The molecule has 0 aliphatic rings. The Labute approximate surface area is 172 Å². The molecule has 3 heterocycles. The van der Waals surface area contributed by atoms with Crippen molar-refractivity contribution in [2.45, 2.75) is 0 Å². The average Bonchev–Trinajstić information content (AvgIpc) is 3.10. The molecule has 23 heavy (non-hydrogen) atoms. The van der Waals surface area contributed by atoms with Crippen LogP contribution in [0.15, 0.2) is 37.2 Å². The van der Waals surface area contributed by atoms with E-state index in [2.05, 4.69) is 0 Å². The maximum Gasteiger partial charge on any atom is 1.00 e. The van der Waals surface area contributed by atoms with Crippen LogP contribution in [0.4, 0.5) is 0 Å². The first-order chi connectivity index (χ1) is 10.4.